The average Bonchev–Trinajstić information content (AvgIpc) is 2.95. The number of nitrogens with two attached hydrogens (primary N) is 1. The highest BCUT2D eigenvalue weighted by molar-refractivity contribution is 5.85. The van der Waals surface area contributed by atoms with E-state index in [0.717, 1.165) is 24.8 Å². The molecule has 0 spiro atoms. The highest BCUT2D eigenvalue weighted by Crippen LogP contribution is 2.30. The van der Waals surface area contributed by atoms with E-state index in [4.69, 9.17) is 5.73 Å². The van der Waals surface area contributed by atoms with Crippen molar-refractivity contribution in [3.63, 3.8) is 0 Å². The molecule has 4 atom stereocenters. The number of hydrogen-bond donors (Lipinski definition) is 2. The van der Waals surface area contributed by atoms with Crippen LogP contribution in [0.25, 0.3) is 0 Å². The van der Waals surface area contributed by atoms with Gasteiger partial charge >= 0.3 is 0 Å². The molecule has 3 nitrogen and oxygen atoms in total. The number of hydrogen-bond acceptors (Lipinski definition) is 2. The first-order valence-electron chi connectivity index (χ1n) is 8.22. The molecule has 124 valence electrons. The van der Waals surface area contributed by atoms with Crippen LogP contribution in [0.5, 0.6) is 0 Å². The number of carbonyl (C=O) groups excluding carboxylic acids is 1. The minimum absolute atomic E-state index is 0. The molecule has 1 fully saturated rings. The van der Waals surface area contributed by atoms with Gasteiger partial charge in [0.1, 0.15) is 0 Å². The van der Waals surface area contributed by atoms with E-state index in [2.05, 4.69) is 31.3 Å². The first-order valence-corrected chi connectivity index (χ1v) is 8.22. The smallest absolute Gasteiger partial charge is 0.228 e. The maximum absolute atomic E-state index is 12.8. The summed E-state index contributed by atoms with van der Waals surface area (Å²) in [4.78, 5) is 12.8. The third kappa shape index (κ3) is 4.47. The van der Waals surface area contributed by atoms with Gasteiger partial charge in [0.2, 0.25) is 5.91 Å². The Balaban J connectivity index is 0.00000242. The van der Waals surface area contributed by atoms with Crippen LogP contribution in [0.1, 0.15) is 51.0 Å². The van der Waals surface area contributed by atoms with Gasteiger partial charge in [0, 0.05) is 6.04 Å². The van der Waals surface area contributed by atoms with E-state index in [-0.39, 0.29) is 30.3 Å². The first-order chi connectivity index (χ1) is 10.2. The summed E-state index contributed by atoms with van der Waals surface area (Å²) in [5.41, 5.74) is 6.94. The van der Waals surface area contributed by atoms with E-state index < -0.39 is 0 Å². The van der Waals surface area contributed by atoms with Gasteiger partial charge in [-0.2, -0.15) is 0 Å². The maximum Gasteiger partial charge on any atom is 0.228 e. The Morgan fingerprint density at radius 3 is 2.59 bits per heavy atom. The van der Waals surface area contributed by atoms with Crippen molar-refractivity contribution in [2.75, 3.05) is 6.54 Å². The molecule has 0 saturated heterocycles. The number of halogens is 1. The topological polar surface area (TPSA) is 55.1 Å². The maximum atomic E-state index is 12.8. The van der Waals surface area contributed by atoms with Gasteiger partial charge in [-0.25, -0.2) is 0 Å². The van der Waals surface area contributed by atoms with Gasteiger partial charge in [-0.1, -0.05) is 57.0 Å². The SMILES string of the molecule is CCC(C)C(C(=O)NC1CCCC1CN)c1ccccc1.Cl. The molecule has 0 aromatic heterocycles. The van der Waals surface area contributed by atoms with Crippen molar-refractivity contribution in [3.05, 3.63) is 35.9 Å². The normalized spacial score (nSPS) is 23.4. The largest absolute Gasteiger partial charge is 0.353 e. The van der Waals surface area contributed by atoms with Gasteiger partial charge in [-0.05, 0) is 36.8 Å². The lowest BCUT2D eigenvalue weighted by atomic mass is 9.84. The van der Waals surface area contributed by atoms with Crippen LogP contribution >= 0.6 is 12.4 Å². The summed E-state index contributed by atoms with van der Waals surface area (Å²) >= 11 is 0. The van der Waals surface area contributed by atoms with Gasteiger partial charge in [0.15, 0.2) is 0 Å². The number of benzene rings is 1. The van der Waals surface area contributed by atoms with Crippen LogP contribution in [0.15, 0.2) is 30.3 Å². The lowest BCUT2D eigenvalue weighted by Crippen LogP contribution is -2.43. The molecule has 1 aliphatic rings. The van der Waals surface area contributed by atoms with E-state index in [9.17, 15) is 4.79 Å². The van der Waals surface area contributed by atoms with Crippen molar-refractivity contribution in [2.45, 2.75) is 51.5 Å². The lowest BCUT2D eigenvalue weighted by Gasteiger charge is -2.27. The highest BCUT2D eigenvalue weighted by atomic mass is 35.5. The van der Waals surface area contributed by atoms with E-state index >= 15 is 0 Å². The monoisotopic (exact) mass is 324 g/mol. The van der Waals surface area contributed by atoms with Crippen molar-refractivity contribution in [1.82, 2.24) is 5.32 Å². The zero-order valence-corrected chi connectivity index (χ0v) is 14.4. The molecule has 0 bridgehead atoms. The van der Waals surface area contributed by atoms with Crippen LogP contribution in [0.4, 0.5) is 0 Å². The molecule has 3 N–H and O–H groups in total. The highest BCUT2D eigenvalue weighted by Gasteiger charge is 2.32. The van der Waals surface area contributed by atoms with E-state index in [1.165, 1.54) is 6.42 Å². The molecular weight excluding hydrogens is 296 g/mol. The minimum atomic E-state index is -0.0600. The van der Waals surface area contributed by atoms with Gasteiger partial charge < -0.3 is 11.1 Å². The zero-order valence-electron chi connectivity index (χ0n) is 13.6. The van der Waals surface area contributed by atoms with Crippen molar-refractivity contribution in [2.24, 2.45) is 17.6 Å². The summed E-state index contributed by atoms with van der Waals surface area (Å²) in [6.07, 6.45) is 4.38. The molecule has 1 saturated carbocycles. The Morgan fingerprint density at radius 2 is 2.00 bits per heavy atom. The Morgan fingerprint density at radius 1 is 1.32 bits per heavy atom. The molecule has 1 aromatic rings. The molecule has 0 heterocycles. The summed E-state index contributed by atoms with van der Waals surface area (Å²) < 4.78 is 0. The van der Waals surface area contributed by atoms with Crippen LogP contribution in [-0.2, 0) is 4.79 Å². The Kier molecular flexibility index (Phi) is 7.91. The average molecular weight is 325 g/mol. The van der Waals surface area contributed by atoms with Crippen LogP contribution in [0, 0.1) is 11.8 Å². The van der Waals surface area contributed by atoms with E-state index in [1.807, 2.05) is 18.2 Å². The number of amides is 1. The van der Waals surface area contributed by atoms with Crippen molar-refractivity contribution >= 4 is 18.3 Å². The fourth-order valence-electron chi connectivity index (χ4n) is 3.42. The van der Waals surface area contributed by atoms with Gasteiger partial charge in [0.25, 0.3) is 0 Å². The second kappa shape index (κ2) is 9.16. The Labute approximate surface area is 140 Å². The van der Waals surface area contributed by atoms with Crippen LogP contribution < -0.4 is 11.1 Å². The summed E-state index contributed by atoms with van der Waals surface area (Å²) in [6.45, 7) is 4.97. The lowest BCUT2D eigenvalue weighted by molar-refractivity contribution is -0.124. The van der Waals surface area contributed by atoms with Crippen molar-refractivity contribution in [3.8, 4) is 0 Å². The molecule has 2 rings (SSSR count). The molecule has 22 heavy (non-hydrogen) atoms. The van der Waals surface area contributed by atoms with E-state index in [0.29, 0.717) is 18.4 Å². The fourth-order valence-corrected chi connectivity index (χ4v) is 3.42. The van der Waals surface area contributed by atoms with Crippen LogP contribution in [0.3, 0.4) is 0 Å². The zero-order chi connectivity index (χ0) is 15.2. The third-order valence-electron chi connectivity index (χ3n) is 4.94. The molecular formula is C18H29ClN2O. The van der Waals surface area contributed by atoms with Gasteiger partial charge in [-0.15, -0.1) is 12.4 Å². The van der Waals surface area contributed by atoms with Crippen molar-refractivity contribution in [1.29, 1.82) is 0 Å². The third-order valence-corrected chi connectivity index (χ3v) is 4.94. The van der Waals surface area contributed by atoms with Crippen LogP contribution in [0.2, 0.25) is 0 Å². The van der Waals surface area contributed by atoms with Crippen LogP contribution in [-0.4, -0.2) is 18.5 Å². The predicted molar refractivity (Wildman–Crippen MR) is 94.2 cm³/mol. The second-order valence-corrected chi connectivity index (χ2v) is 6.32. The molecule has 0 radical (unpaired) electrons. The molecule has 4 heteroatoms. The number of carbonyl (C=O) groups is 1. The summed E-state index contributed by atoms with van der Waals surface area (Å²) in [6, 6.07) is 10.4. The predicted octanol–water partition coefficient (Wildman–Crippen LogP) is 3.48. The molecule has 4 unspecified atom stereocenters. The minimum Gasteiger partial charge on any atom is -0.353 e. The second-order valence-electron chi connectivity index (χ2n) is 6.32. The van der Waals surface area contributed by atoms with Gasteiger partial charge in [-0.3, -0.25) is 4.79 Å². The summed E-state index contributed by atoms with van der Waals surface area (Å²) in [5, 5.41) is 3.27. The van der Waals surface area contributed by atoms with Gasteiger partial charge in [0.05, 0.1) is 5.92 Å². The Bertz CT molecular complexity index is 452. The number of nitrogens with one attached hydrogen (secondary N) is 1. The molecule has 1 aliphatic carbocycles. The Hall–Kier alpha value is -1.06. The molecule has 0 aliphatic heterocycles. The summed E-state index contributed by atoms with van der Waals surface area (Å²) in [5.74, 6) is 0.892. The van der Waals surface area contributed by atoms with E-state index in [1.54, 1.807) is 0 Å². The first kappa shape index (κ1) is 19.0. The summed E-state index contributed by atoms with van der Waals surface area (Å²) in [7, 11) is 0. The molecule has 1 aromatic carbocycles. The van der Waals surface area contributed by atoms with Crippen molar-refractivity contribution < 1.29 is 4.79 Å². The number of rotatable bonds is 6. The fraction of sp³-hybridized carbons (Fsp3) is 0.611. The molecule has 1 amide bonds. The standard InChI is InChI=1S/C18H28N2O.ClH/c1-3-13(2)17(14-8-5-4-6-9-14)18(21)20-16-11-7-10-15(16)12-19;/h4-6,8-9,13,15-17H,3,7,10-12,19H2,1-2H3,(H,20,21);1H. The quantitative estimate of drug-likeness (QED) is 0.841.